The summed E-state index contributed by atoms with van der Waals surface area (Å²) in [6, 6.07) is 8.14. The molecule has 136 valence electrons. The van der Waals surface area contributed by atoms with Gasteiger partial charge >= 0.3 is 6.03 Å². The van der Waals surface area contributed by atoms with Crippen molar-refractivity contribution in [1.29, 1.82) is 5.26 Å². The third-order valence-corrected chi connectivity index (χ3v) is 4.71. The fourth-order valence-electron chi connectivity index (χ4n) is 3.29. The summed E-state index contributed by atoms with van der Waals surface area (Å²) >= 11 is 0. The zero-order valence-electron chi connectivity index (χ0n) is 15.0. The Balaban J connectivity index is 2.30. The van der Waals surface area contributed by atoms with Gasteiger partial charge < -0.3 is 5.32 Å². The highest BCUT2D eigenvalue weighted by Gasteiger charge is 2.42. The van der Waals surface area contributed by atoms with Crippen LogP contribution in [0.15, 0.2) is 35.4 Å². The van der Waals surface area contributed by atoms with Crippen molar-refractivity contribution in [3.63, 3.8) is 0 Å². The van der Waals surface area contributed by atoms with Crippen molar-refractivity contribution in [2.24, 2.45) is 0 Å². The zero-order chi connectivity index (χ0) is 19.9. The fourth-order valence-corrected chi connectivity index (χ4v) is 3.29. The van der Waals surface area contributed by atoms with Crippen LogP contribution in [0.5, 0.6) is 0 Å². The highest BCUT2D eigenvalue weighted by atomic mass is 16.2. The Labute approximate surface area is 155 Å². The lowest BCUT2D eigenvalue weighted by Crippen LogP contribution is -2.53. The van der Waals surface area contributed by atoms with Gasteiger partial charge in [0.05, 0.1) is 0 Å². The van der Waals surface area contributed by atoms with Crippen LogP contribution in [0.4, 0.5) is 4.79 Å². The van der Waals surface area contributed by atoms with E-state index >= 15 is 0 Å². The number of barbiturate groups is 1. The molecule has 1 aromatic carbocycles. The van der Waals surface area contributed by atoms with E-state index in [1.807, 2.05) is 6.07 Å². The predicted molar refractivity (Wildman–Crippen MR) is 95.5 cm³/mol. The molecule has 8 nitrogen and oxygen atoms in total. The van der Waals surface area contributed by atoms with Gasteiger partial charge in [0.15, 0.2) is 0 Å². The first kappa shape index (κ1) is 18.1. The van der Waals surface area contributed by atoms with Gasteiger partial charge in [-0.2, -0.15) is 5.26 Å². The number of imide groups is 2. The van der Waals surface area contributed by atoms with Gasteiger partial charge in [-0.05, 0) is 22.3 Å². The molecule has 0 spiro atoms. The van der Waals surface area contributed by atoms with Crippen molar-refractivity contribution in [3.8, 4) is 6.07 Å². The van der Waals surface area contributed by atoms with E-state index in [1.165, 1.54) is 21.1 Å². The number of nitriles is 1. The lowest BCUT2D eigenvalue weighted by Gasteiger charge is -2.30. The molecule has 2 aliphatic rings. The van der Waals surface area contributed by atoms with Crippen LogP contribution in [0.1, 0.15) is 17.5 Å². The Kier molecular flexibility index (Phi) is 4.37. The molecule has 0 atom stereocenters. The van der Waals surface area contributed by atoms with Gasteiger partial charge in [-0.25, -0.2) is 4.79 Å². The van der Waals surface area contributed by atoms with Crippen molar-refractivity contribution in [1.82, 2.24) is 15.1 Å². The van der Waals surface area contributed by atoms with Gasteiger partial charge in [0.25, 0.3) is 17.7 Å². The van der Waals surface area contributed by atoms with Gasteiger partial charge in [-0.15, -0.1) is 0 Å². The van der Waals surface area contributed by atoms with Crippen LogP contribution in [0.25, 0.3) is 11.1 Å². The van der Waals surface area contributed by atoms with Gasteiger partial charge in [-0.1, -0.05) is 24.3 Å². The molecular weight excluding hydrogens is 348 g/mol. The SMILES string of the molecule is CNC(=O)/C(C#N)=C1/CC(=C2C(=O)N(C)C(=O)N(C)C2=O)c2ccccc21. The molecule has 1 aliphatic heterocycles. The van der Waals surface area contributed by atoms with E-state index in [1.54, 1.807) is 24.3 Å². The number of carbonyl (C=O) groups excluding carboxylic acids is 4. The summed E-state index contributed by atoms with van der Waals surface area (Å²) in [5.41, 5.74) is 1.85. The molecule has 8 heteroatoms. The molecule has 0 radical (unpaired) electrons. The molecule has 1 aromatic rings. The van der Waals surface area contributed by atoms with E-state index in [9.17, 15) is 24.4 Å². The Morgan fingerprint density at radius 1 is 1.07 bits per heavy atom. The standard InChI is InChI=1S/C19H16N4O4/c1-21-16(24)14(9-20)12-8-13(11-7-5-4-6-10(11)12)15-17(25)22(2)19(27)23(3)18(15)26/h4-7H,8H2,1-3H3,(H,21,24)/b14-12-. The van der Waals surface area contributed by atoms with Crippen LogP contribution in [0, 0.1) is 11.3 Å². The molecule has 5 amide bonds. The van der Waals surface area contributed by atoms with E-state index < -0.39 is 23.8 Å². The topological polar surface area (TPSA) is 111 Å². The van der Waals surface area contributed by atoms with Crippen molar-refractivity contribution >= 4 is 34.9 Å². The number of carbonyl (C=O) groups is 4. The maximum absolute atomic E-state index is 12.7. The van der Waals surface area contributed by atoms with Gasteiger partial charge in [-0.3, -0.25) is 24.2 Å². The quantitative estimate of drug-likeness (QED) is 0.452. The van der Waals surface area contributed by atoms with E-state index in [0.29, 0.717) is 22.3 Å². The van der Waals surface area contributed by atoms with Gasteiger partial charge in [0.1, 0.15) is 17.2 Å². The number of likely N-dealkylation sites (N-methyl/N-ethyl adjacent to an activating group) is 3. The molecule has 1 heterocycles. The summed E-state index contributed by atoms with van der Waals surface area (Å²) in [7, 11) is 4.03. The molecule has 0 aromatic heterocycles. The number of allylic oxidation sites excluding steroid dienone is 2. The van der Waals surface area contributed by atoms with Gasteiger partial charge in [0.2, 0.25) is 0 Å². The second-order valence-corrected chi connectivity index (χ2v) is 6.13. The number of amides is 5. The van der Waals surface area contributed by atoms with Crippen LogP contribution >= 0.6 is 0 Å². The van der Waals surface area contributed by atoms with E-state index in [2.05, 4.69) is 5.32 Å². The number of benzene rings is 1. The number of nitrogens with zero attached hydrogens (tertiary/aromatic N) is 3. The second-order valence-electron chi connectivity index (χ2n) is 6.13. The third kappa shape index (κ3) is 2.60. The number of rotatable bonds is 1. The number of hydrogen-bond donors (Lipinski definition) is 1. The summed E-state index contributed by atoms with van der Waals surface area (Å²) in [6.07, 6.45) is 0.0678. The summed E-state index contributed by atoms with van der Waals surface area (Å²) in [6.45, 7) is 0. The lowest BCUT2D eigenvalue weighted by molar-refractivity contribution is -0.134. The van der Waals surface area contributed by atoms with Crippen LogP contribution in [0.2, 0.25) is 0 Å². The molecule has 1 saturated heterocycles. The van der Waals surface area contributed by atoms with E-state index in [4.69, 9.17) is 0 Å². The first-order chi connectivity index (χ1) is 12.8. The summed E-state index contributed by atoms with van der Waals surface area (Å²) in [4.78, 5) is 51.2. The van der Waals surface area contributed by atoms with Crippen molar-refractivity contribution in [3.05, 3.63) is 46.5 Å². The monoisotopic (exact) mass is 364 g/mol. The van der Waals surface area contributed by atoms with E-state index in [-0.39, 0.29) is 17.6 Å². The minimum Gasteiger partial charge on any atom is -0.354 e. The molecule has 0 saturated carbocycles. The number of urea groups is 1. The highest BCUT2D eigenvalue weighted by molar-refractivity contribution is 6.33. The predicted octanol–water partition coefficient (Wildman–Crippen LogP) is 0.917. The fraction of sp³-hybridized carbons (Fsp3) is 0.211. The van der Waals surface area contributed by atoms with Crippen molar-refractivity contribution in [2.75, 3.05) is 21.1 Å². The first-order valence-corrected chi connectivity index (χ1v) is 8.11. The summed E-state index contributed by atoms with van der Waals surface area (Å²) < 4.78 is 0. The molecule has 0 unspecified atom stereocenters. The molecule has 0 bridgehead atoms. The summed E-state index contributed by atoms with van der Waals surface area (Å²) in [5.74, 6) is -1.94. The van der Waals surface area contributed by atoms with Crippen molar-refractivity contribution < 1.29 is 19.2 Å². The molecule has 1 N–H and O–H groups in total. The average Bonchev–Trinajstić information content (AvgIpc) is 3.05. The lowest BCUT2D eigenvalue weighted by atomic mass is 9.98. The maximum Gasteiger partial charge on any atom is 0.333 e. The Hall–Kier alpha value is -3.73. The minimum absolute atomic E-state index is 0.0678. The molecular formula is C19H16N4O4. The number of hydrogen-bond acceptors (Lipinski definition) is 5. The van der Waals surface area contributed by atoms with Crippen LogP contribution < -0.4 is 5.32 Å². The Morgan fingerprint density at radius 2 is 1.63 bits per heavy atom. The van der Waals surface area contributed by atoms with Crippen LogP contribution in [-0.4, -0.2) is 54.7 Å². The number of fused-ring (bicyclic) bond motifs is 1. The largest absolute Gasteiger partial charge is 0.354 e. The van der Waals surface area contributed by atoms with Crippen LogP contribution in [-0.2, 0) is 14.4 Å². The number of nitrogens with one attached hydrogen (secondary N) is 1. The zero-order valence-corrected chi connectivity index (χ0v) is 15.0. The summed E-state index contributed by atoms with van der Waals surface area (Å²) in [5, 5.41) is 11.9. The smallest absolute Gasteiger partial charge is 0.333 e. The second kappa shape index (κ2) is 6.53. The maximum atomic E-state index is 12.7. The Bertz CT molecular complexity index is 987. The minimum atomic E-state index is -0.709. The first-order valence-electron chi connectivity index (χ1n) is 8.11. The molecule has 1 fully saturated rings. The van der Waals surface area contributed by atoms with E-state index in [0.717, 1.165) is 9.80 Å². The Morgan fingerprint density at radius 3 is 2.15 bits per heavy atom. The third-order valence-electron chi connectivity index (χ3n) is 4.71. The normalized spacial score (nSPS) is 18.5. The van der Waals surface area contributed by atoms with Crippen LogP contribution in [0.3, 0.4) is 0 Å². The average molecular weight is 364 g/mol. The molecule has 1 aliphatic carbocycles. The highest BCUT2D eigenvalue weighted by Crippen LogP contribution is 2.44. The molecule has 3 rings (SSSR count). The van der Waals surface area contributed by atoms with Crippen molar-refractivity contribution in [2.45, 2.75) is 6.42 Å². The molecule has 27 heavy (non-hydrogen) atoms. The van der Waals surface area contributed by atoms with Gasteiger partial charge in [0, 0.05) is 27.6 Å².